The summed E-state index contributed by atoms with van der Waals surface area (Å²) in [5.41, 5.74) is 4.14. The van der Waals surface area contributed by atoms with Crippen molar-refractivity contribution in [2.24, 2.45) is 5.92 Å². The molecule has 0 bridgehead atoms. The summed E-state index contributed by atoms with van der Waals surface area (Å²) < 4.78 is 5.37. The van der Waals surface area contributed by atoms with E-state index >= 15 is 0 Å². The average Bonchev–Trinajstić information content (AvgIpc) is 2.82. The Balaban J connectivity index is 1.68. The second-order valence-electron chi connectivity index (χ2n) is 5.11. The van der Waals surface area contributed by atoms with E-state index in [1.807, 2.05) is 0 Å². The Kier molecular flexibility index (Phi) is 4.57. The van der Waals surface area contributed by atoms with Crippen LogP contribution < -0.4 is 5.32 Å². The molecule has 2 nitrogen and oxygen atoms in total. The number of rotatable bonds is 5. The molecule has 1 unspecified atom stereocenters. The summed E-state index contributed by atoms with van der Waals surface area (Å²) in [4.78, 5) is 0. The molecule has 94 valence electrons. The summed E-state index contributed by atoms with van der Waals surface area (Å²) in [5.74, 6) is 0.780. The van der Waals surface area contributed by atoms with Crippen molar-refractivity contribution in [2.45, 2.75) is 33.2 Å². The average molecular weight is 233 g/mol. The molecule has 17 heavy (non-hydrogen) atoms. The van der Waals surface area contributed by atoms with Crippen molar-refractivity contribution in [3.8, 4) is 0 Å². The molecule has 2 rings (SSSR count). The molecule has 0 aliphatic carbocycles. The second-order valence-corrected chi connectivity index (χ2v) is 5.11. The smallest absolute Gasteiger partial charge is 0.0495 e. The van der Waals surface area contributed by atoms with Crippen LogP contribution in [0.5, 0.6) is 0 Å². The molecule has 1 N–H and O–H groups in total. The first-order valence-corrected chi connectivity index (χ1v) is 6.60. The number of hydrogen-bond acceptors (Lipinski definition) is 2. The van der Waals surface area contributed by atoms with Crippen LogP contribution in [0.4, 0.5) is 0 Å². The van der Waals surface area contributed by atoms with Gasteiger partial charge in [0.1, 0.15) is 0 Å². The molecule has 0 aromatic heterocycles. The Bertz CT molecular complexity index is 356. The van der Waals surface area contributed by atoms with E-state index in [9.17, 15) is 0 Å². The molecule has 1 heterocycles. The van der Waals surface area contributed by atoms with Gasteiger partial charge in [-0.2, -0.15) is 0 Å². The highest BCUT2D eigenvalue weighted by atomic mass is 16.5. The molecule has 1 saturated heterocycles. The van der Waals surface area contributed by atoms with Gasteiger partial charge in [-0.15, -0.1) is 0 Å². The quantitative estimate of drug-likeness (QED) is 0.790. The van der Waals surface area contributed by atoms with Crippen molar-refractivity contribution in [3.05, 3.63) is 34.9 Å². The molecular formula is C15H23NO. The van der Waals surface area contributed by atoms with Gasteiger partial charge in [0.05, 0.1) is 0 Å². The van der Waals surface area contributed by atoms with Crippen LogP contribution in [0, 0.1) is 19.8 Å². The summed E-state index contributed by atoms with van der Waals surface area (Å²) in [7, 11) is 0. The van der Waals surface area contributed by atoms with Gasteiger partial charge in [0, 0.05) is 19.8 Å². The number of aryl methyl sites for hydroxylation is 2. The number of hydrogen-bond donors (Lipinski definition) is 1. The maximum Gasteiger partial charge on any atom is 0.0495 e. The zero-order valence-corrected chi connectivity index (χ0v) is 11.0. The Hall–Kier alpha value is -0.860. The third-order valence-corrected chi connectivity index (χ3v) is 3.65. The fourth-order valence-electron chi connectivity index (χ4n) is 2.26. The Morgan fingerprint density at radius 2 is 2.18 bits per heavy atom. The molecule has 2 heteroatoms. The minimum atomic E-state index is 0.780. The lowest BCUT2D eigenvalue weighted by atomic mass is 10.0. The van der Waals surface area contributed by atoms with Gasteiger partial charge in [0.15, 0.2) is 0 Å². The van der Waals surface area contributed by atoms with Gasteiger partial charge in [-0.25, -0.2) is 0 Å². The van der Waals surface area contributed by atoms with Gasteiger partial charge in [0.2, 0.25) is 0 Å². The molecule has 1 aliphatic heterocycles. The molecule has 0 saturated carbocycles. The summed E-state index contributed by atoms with van der Waals surface area (Å²) in [6.07, 6.45) is 2.48. The van der Waals surface area contributed by atoms with E-state index in [4.69, 9.17) is 4.74 Å². The normalized spacial score (nSPS) is 19.8. The number of nitrogens with one attached hydrogen (secondary N) is 1. The monoisotopic (exact) mass is 233 g/mol. The summed E-state index contributed by atoms with van der Waals surface area (Å²) >= 11 is 0. The van der Waals surface area contributed by atoms with Gasteiger partial charge in [-0.1, -0.05) is 18.2 Å². The van der Waals surface area contributed by atoms with Crippen molar-refractivity contribution in [1.82, 2.24) is 5.32 Å². The first-order valence-electron chi connectivity index (χ1n) is 6.60. The largest absolute Gasteiger partial charge is 0.381 e. The fourth-order valence-corrected chi connectivity index (χ4v) is 2.26. The van der Waals surface area contributed by atoms with E-state index in [1.54, 1.807) is 0 Å². The van der Waals surface area contributed by atoms with E-state index in [0.29, 0.717) is 0 Å². The molecule has 0 amide bonds. The Morgan fingerprint density at radius 3 is 2.88 bits per heavy atom. The van der Waals surface area contributed by atoms with Crippen molar-refractivity contribution < 1.29 is 4.74 Å². The topological polar surface area (TPSA) is 21.3 Å². The first kappa shape index (κ1) is 12.6. The predicted octanol–water partition coefficient (Wildman–Crippen LogP) is 2.82. The number of benzene rings is 1. The van der Waals surface area contributed by atoms with Gasteiger partial charge in [-0.3, -0.25) is 0 Å². The molecule has 1 atom stereocenters. The van der Waals surface area contributed by atoms with E-state index < -0.39 is 0 Å². The van der Waals surface area contributed by atoms with Crippen molar-refractivity contribution in [1.29, 1.82) is 0 Å². The zero-order valence-electron chi connectivity index (χ0n) is 11.0. The van der Waals surface area contributed by atoms with E-state index in [2.05, 4.69) is 37.4 Å². The molecule has 1 aromatic rings. The first-order chi connectivity index (χ1) is 8.25. The molecule has 0 spiro atoms. The molecular weight excluding hydrogens is 210 g/mol. The van der Waals surface area contributed by atoms with Gasteiger partial charge in [0.25, 0.3) is 0 Å². The molecule has 1 fully saturated rings. The van der Waals surface area contributed by atoms with Gasteiger partial charge >= 0.3 is 0 Å². The van der Waals surface area contributed by atoms with E-state index in [0.717, 1.165) is 32.2 Å². The summed E-state index contributed by atoms with van der Waals surface area (Å²) in [5, 5.41) is 3.52. The van der Waals surface area contributed by atoms with Crippen molar-refractivity contribution in [3.63, 3.8) is 0 Å². The minimum absolute atomic E-state index is 0.780. The van der Waals surface area contributed by atoms with Crippen LogP contribution in [0.15, 0.2) is 18.2 Å². The zero-order chi connectivity index (χ0) is 12.1. The fraction of sp³-hybridized carbons (Fsp3) is 0.600. The Morgan fingerprint density at radius 1 is 1.29 bits per heavy atom. The summed E-state index contributed by atoms with van der Waals surface area (Å²) in [6, 6.07) is 6.70. The third-order valence-electron chi connectivity index (χ3n) is 3.65. The highest BCUT2D eigenvalue weighted by Crippen LogP contribution is 2.15. The van der Waals surface area contributed by atoms with Gasteiger partial charge < -0.3 is 10.1 Å². The lowest BCUT2D eigenvalue weighted by molar-refractivity contribution is 0.184. The van der Waals surface area contributed by atoms with Crippen molar-refractivity contribution in [2.75, 3.05) is 19.8 Å². The van der Waals surface area contributed by atoms with Crippen LogP contribution in [-0.4, -0.2) is 19.8 Å². The van der Waals surface area contributed by atoms with E-state index in [-0.39, 0.29) is 0 Å². The SMILES string of the molecule is Cc1ccc(CNCCC2CCOC2)cc1C. The lowest BCUT2D eigenvalue weighted by Crippen LogP contribution is -2.18. The molecule has 0 radical (unpaired) electrons. The van der Waals surface area contributed by atoms with Crippen LogP contribution in [0.25, 0.3) is 0 Å². The standard InChI is InChI=1S/C15H23NO/c1-12-3-4-15(9-13(12)2)10-16-7-5-14-6-8-17-11-14/h3-4,9,14,16H,5-8,10-11H2,1-2H3. The van der Waals surface area contributed by atoms with Crippen molar-refractivity contribution >= 4 is 0 Å². The van der Waals surface area contributed by atoms with Gasteiger partial charge in [-0.05, 0) is 55.8 Å². The third kappa shape index (κ3) is 3.83. The summed E-state index contributed by atoms with van der Waals surface area (Å²) in [6.45, 7) is 8.34. The second kappa shape index (κ2) is 6.18. The van der Waals surface area contributed by atoms with Crippen LogP contribution >= 0.6 is 0 Å². The highest BCUT2D eigenvalue weighted by molar-refractivity contribution is 5.29. The predicted molar refractivity (Wildman–Crippen MR) is 71.2 cm³/mol. The lowest BCUT2D eigenvalue weighted by Gasteiger charge is -2.09. The van der Waals surface area contributed by atoms with Crippen LogP contribution in [0.3, 0.4) is 0 Å². The van der Waals surface area contributed by atoms with Crippen LogP contribution in [0.1, 0.15) is 29.5 Å². The van der Waals surface area contributed by atoms with E-state index in [1.165, 1.54) is 29.5 Å². The highest BCUT2D eigenvalue weighted by Gasteiger charge is 2.14. The Labute approximate surface area is 104 Å². The molecule has 1 aromatic carbocycles. The molecule has 1 aliphatic rings. The number of ether oxygens (including phenoxy) is 1. The van der Waals surface area contributed by atoms with Crippen LogP contribution in [0.2, 0.25) is 0 Å². The maximum absolute atomic E-state index is 5.37. The minimum Gasteiger partial charge on any atom is -0.381 e. The maximum atomic E-state index is 5.37. The van der Waals surface area contributed by atoms with Crippen LogP contribution in [-0.2, 0) is 11.3 Å².